The monoisotopic (exact) mass is 460 g/mol. The zero-order chi connectivity index (χ0) is 22.6. The Hall–Kier alpha value is -1.39. The number of carbonyl (C=O) groups is 1. The van der Waals surface area contributed by atoms with E-state index in [4.69, 9.17) is 11.6 Å². The number of halogens is 2. The van der Waals surface area contributed by atoms with Crippen molar-refractivity contribution in [2.75, 3.05) is 26.2 Å². The van der Waals surface area contributed by atoms with Gasteiger partial charge < -0.3 is 10.2 Å². The van der Waals surface area contributed by atoms with Gasteiger partial charge in [-0.1, -0.05) is 54.6 Å². The molecule has 4 rings (SSSR count). The summed E-state index contributed by atoms with van der Waals surface area (Å²) in [5, 5.41) is 3.72. The number of carbonyl (C=O) groups excluding carboxylic acids is 1. The highest BCUT2D eigenvalue weighted by atomic mass is 35.5. The first-order valence-corrected chi connectivity index (χ1v) is 12.9. The van der Waals surface area contributed by atoms with Crippen LogP contribution in [-0.4, -0.2) is 42.7 Å². The van der Waals surface area contributed by atoms with Crippen LogP contribution in [0.3, 0.4) is 0 Å². The number of rotatable bonds is 6. The molecular formula is C27H38ClFN2O. The highest BCUT2D eigenvalue weighted by Gasteiger charge is 2.43. The molecule has 3 nitrogen and oxygen atoms in total. The minimum atomic E-state index is -1.30. The lowest BCUT2D eigenvalue weighted by molar-refractivity contribution is -0.129. The molecule has 32 heavy (non-hydrogen) atoms. The molecule has 5 heteroatoms. The highest BCUT2D eigenvalue weighted by Crippen LogP contribution is 2.40. The summed E-state index contributed by atoms with van der Waals surface area (Å²) >= 11 is 6.08. The smallest absolute Gasteiger partial charge is 0.230 e. The second-order valence-electron chi connectivity index (χ2n) is 10.5. The third-order valence-electron chi connectivity index (χ3n) is 8.05. The molecule has 1 heterocycles. The van der Waals surface area contributed by atoms with E-state index < -0.39 is 11.1 Å². The van der Waals surface area contributed by atoms with E-state index in [-0.39, 0.29) is 12.5 Å². The molecule has 1 aromatic rings. The Morgan fingerprint density at radius 3 is 2.47 bits per heavy atom. The fraction of sp³-hybridized carbons (Fsp3) is 0.667. The van der Waals surface area contributed by atoms with E-state index in [0.29, 0.717) is 23.8 Å². The second kappa shape index (κ2) is 10.3. The van der Waals surface area contributed by atoms with E-state index >= 15 is 4.39 Å². The largest absolute Gasteiger partial charge is 0.352 e. The number of nitrogens with one attached hydrogen (secondary N) is 1. The van der Waals surface area contributed by atoms with E-state index in [9.17, 15) is 4.79 Å². The van der Waals surface area contributed by atoms with E-state index in [1.165, 1.54) is 24.8 Å². The number of piperidine rings is 1. The lowest BCUT2D eigenvalue weighted by Gasteiger charge is -2.40. The molecule has 2 aliphatic carbocycles. The first-order valence-electron chi connectivity index (χ1n) is 12.5. The maximum atomic E-state index is 15.6. The Bertz CT molecular complexity index is 807. The third kappa shape index (κ3) is 5.56. The zero-order valence-corrected chi connectivity index (χ0v) is 20.2. The van der Waals surface area contributed by atoms with Gasteiger partial charge in [-0.05, 0) is 75.5 Å². The van der Waals surface area contributed by atoms with Gasteiger partial charge in [0.2, 0.25) is 5.91 Å². The highest BCUT2D eigenvalue weighted by molar-refractivity contribution is 6.30. The van der Waals surface area contributed by atoms with Crippen molar-refractivity contribution in [3.8, 4) is 0 Å². The number of amides is 1. The van der Waals surface area contributed by atoms with Gasteiger partial charge in [0.15, 0.2) is 0 Å². The average molecular weight is 461 g/mol. The summed E-state index contributed by atoms with van der Waals surface area (Å²) in [6.07, 6.45) is 11.8. The molecule has 0 spiro atoms. The van der Waals surface area contributed by atoms with E-state index in [1.807, 2.05) is 24.3 Å². The van der Waals surface area contributed by atoms with Crippen LogP contribution in [0.25, 0.3) is 0 Å². The van der Waals surface area contributed by atoms with Crippen LogP contribution in [0.5, 0.6) is 0 Å². The van der Waals surface area contributed by atoms with Crippen molar-refractivity contribution >= 4 is 17.5 Å². The molecule has 1 saturated carbocycles. The summed E-state index contributed by atoms with van der Waals surface area (Å²) in [5.74, 6) is 0.695. The molecule has 0 radical (unpaired) electrons. The van der Waals surface area contributed by atoms with Gasteiger partial charge in [0, 0.05) is 24.7 Å². The van der Waals surface area contributed by atoms with Crippen molar-refractivity contribution < 1.29 is 9.18 Å². The lowest BCUT2D eigenvalue weighted by Crippen LogP contribution is -2.53. The van der Waals surface area contributed by atoms with Crippen LogP contribution in [0.1, 0.15) is 76.7 Å². The molecule has 1 aliphatic heterocycles. The van der Waals surface area contributed by atoms with Gasteiger partial charge in [0.25, 0.3) is 0 Å². The normalized spacial score (nSPS) is 25.7. The van der Waals surface area contributed by atoms with Crippen molar-refractivity contribution in [1.29, 1.82) is 0 Å². The Kier molecular flexibility index (Phi) is 7.62. The molecule has 1 aromatic carbocycles. The van der Waals surface area contributed by atoms with Gasteiger partial charge in [-0.2, -0.15) is 0 Å². The summed E-state index contributed by atoms with van der Waals surface area (Å²) in [6, 6.07) is 7.66. The number of nitrogens with zero attached hydrogens (tertiary/aromatic N) is 1. The van der Waals surface area contributed by atoms with E-state index in [0.717, 1.165) is 57.3 Å². The second-order valence-corrected chi connectivity index (χ2v) is 10.9. The van der Waals surface area contributed by atoms with Gasteiger partial charge in [-0.15, -0.1) is 0 Å². The summed E-state index contributed by atoms with van der Waals surface area (Å²) in [7, 11) is 0. The Balaban J connectivity index is 1.32. The quantitative estimate of drug-likeness (QED) is 0.512. The number of allylic oxidation sites excluding steroid dienone is 2. The van der Waals surface area contributed by atoms with Crippen LogP contribution in [0, 0.1) is 5.92 Å². The summed E-state index contributed by atoms with van der Waals surface area (Å²) < 4.78 is 15.6. The van der Waals surface area contributed by atoms with Crippen molar-refractivity contribution in [2.24, 2.45) is 5.92 Å². The van der Waals surface area contributed by atoms with Crippen molar-refractivity contribution in [3.05, 3.63) is 46.5 Å². The Morgan fingerprint density at radius 1 is 1.12 bits per heavy atom. The van der Waals surface area contributed by atoms with Gasteiger partial charge in [-0.3, -0.25) is 4.79 Å². The fourth-order valence-electron chi connectivity index (χ4n) is 6.02. The van der Waals surface area contributed by atoms with Crippen molar-refractivity contribution in [2.45, 2.75) is 82.2 Å². The van der Waals surface area contributed by atoms with Gasteiger partial charge in [0.1, 0.15) is 5.67 Å². The SMILES string of the molecule is CC1=CCCC(CN2CCC(F)(CNC(=O)C3(c4ccc(Cl)cc4)CCCCC3)CC2)C1. The molecule has 0 aromatic heterocycles. The number of hydrogen-bond donors (Lipinski definition) is 1. The first kappa shape index (κ1) is 23.8. The zero-order valence-electron chi connectivity index (χ0n) is 19.5. The Labute approximate surface area is 197 Å². The summed E-state index contributed by atoms with van der Waals surface area (Å²) in [5.41, 5.74) is 0.660. The minimum Gasteiger partial charge on any atom is -0.352 e. The predicted molar refractivity (Wildman–Crippen MR) is 130 cm³/mol. The predicted octanol–water partition coefficient (Wildman–Crippen LogP) is 6.21. The van der Waals surface area contributed by atoms with E-state index in [2.05, 4.69) is 23.2 Å². The summed E-state index contributed by atoms with van der Waals surface area (Å²) in [4.78, 5) is 15.9. The molecule has 1 unspecified atom stereocenters. The minimum absolute atomic E-state index is 0.0107. The molecule has 1 N–H and O–H groups in total. The molecule has 1 amide bonds. The van der Waals surface area contributed by atoms with Crippen LogP contribution in [-0.2, 0) is 10.2 Å². The van der Waals surface area contributed by atoms with E-state index in [1.54, 1.807) is 0 Å². The molecule has 0 bridgehead atoms. The number of likely N-dealkylation sites (tertiary alicyclic amines) is 1. The molecule has 1 atom stereocenters. The standard InChI is InChI=1S/C27H38ClFN2O/c1-21-6-5-7-22(18-21)19-31-16-14-26(29,15-17-31)20-30-25(32)27(12-3-2-4-13-27)23-8-10-24(28)11-9-23/h6,8-11,22H,2-5,7,12-20H2,1H3,(H,30,32). The maximum Gasteiger partial charge on any atom is 0.230 e. The molecule has 1 saturated heterocycles. The Morgan fingerprint density at radius 2 is 1.81 bits per heavy atom. The van der Waals surface area contributed by atoms with Crippen LogP contribution in [0.2, 0.25) is 5.02 Å². The van der Waals surface area contributed by atoms with Crippen LogP contribution < -0.4 is 5.32 Å². The van der Waals surface area contributed by atoms with Gasteiger partial charge in [-0.25, -0.2) is 4.39 Å². The van der Waals surface area contributed by atoms with Crippen molar-refractivity contribution in [3.63, 3.8) is 0 Å². The van der Waals surface area contributed by atoms with Crippen LogP contribution in [0.15, 0.2) is 35.9 Å². The lowest BCUT2D eigenvalue weighted by atomic mass is 9.68. The van der Waals surface area contributed by atoms with Gasteiger partial charge in [0.05, 0.1) is 12.0 Å². The number of benzene rings is 1. The molecule has 176 valence electrons. The fourth-order valence-corrected chi connectivity index (χ4v) is 6.15. The van der Waals surface area contributed by atoms with Crippen molar-refractivity contribution in [1.82, 2.24) is 10.2 Å². The summed E-state index contributed by atoms with van der Waals surface area (Å²) in [6.45, 7) is 5.00. The molecular weight excluding hydrogens is 423 g/mol. The third-order valence-corrected chi connectivity index (χ3v) is 8.30. The number of alkyl halides is 1. The van der Waals surface area contributed by atoms with Crippen LogP contribution >= 0.6 is 11.6 Å². The van der Waals surface area contributed by atoms with Crippen LogP contribution in [0.4, 0.5) is 4.39 Å². The molecule has 2 fully saturated rings. The maximum absolute atomic E-state index is 15.6. The average Bonchev–Trinajstić information content (AvgIpc) is 2.80. The molecule has 3 aliphatic rings. The number of hydrogen-bond acceptors (Lipinski definition) is 2. The topological polar surface area (TPSA) is 32.3 Å². The first-order chi connectivity index (χ1) is 15.4. The van der Waals surface area contributed by atoms with Gasteiger partial charge >= 0.3 is 0 Å².